The van der Waals surface area contributed by atoms with Gasteiger partial charge >= 0.3 is 6.18 Å². The number of halogens is 3. The van der Waals surface area contributed by atoms with E-state index in [1.165, 1.54) is 32.9 Å². The molecule has 1 aromatic rings. The summed E-state index contributed by atoms with van der Waals surface area (Å²) in [6, 6.07) is 4.97. The highest BCUT2D eigenvalue weighted by molar-refractivity contribution is 7.95. The standard InChI is InChI=1S/C15H17F3O3S/c1-10-5-7-11(8-6-10)22(20,21)13(15(16,17)18)9-12(19)14(2,3)4/h5-9H,1-4H3/b13-9-. The summed E-state index contributed by atoms with van der Waals surface area (Å²) in [4.78, 5) is 9.47. The Hall–Kier alpha value is -1.63. The van der Waals surface area contributed by atoms with Crippen LogP contribution in [-0.4, -0.2) is 20.4 Å². The van der Waals surface area contributed by atoms with E-state index in [2.05, 4.69) is 0 Å². The van der Waals surface area contributed by atoms with Crippen LogP contribution in [0.25, 0.3) is 0 Å². The normalized spacial score (nSPS) is 14.0. The lowest BCUT2D eigenvalue weighted by atomic mass is 9.90. The van der Waals surface area contributed by atoms with Crippen LogP contribution in [0.4, 0.5) is 13.2 Å². The number of benzene rings is 1. The monoisotopic (exact) mass is 334 g/mol. The van der Waals surface area contributed by atoms with Crippen LogP contribution in [0.2, 0.25) is 0 Å². The van der Waals surface area contributed by atoms with Gasteiger partial charge in [-0.1, -0.05) is 38.5 Å². The first-order valence-corrected chi connectivity index (χ1v) is 7.89. The van der Waals surface area contributed by atoms with E-state index in [1.54, 1.807) is 6.92 Å². The van der Waals surface area contributed by atoms with Crippen molar-refractivity contribution in [3.63, 3.8) is 0 Å². The second-order valence-corrected chi connectivity index (χ2v) is 7.86. The second-order valence-electron chi connectivity index (χ2n) is 5.94. The molecule has 0 unspecified atom stereocenters. The molecule has 0 aliphatic carbocycles. The van der Waals surface area contributed by atoms with Gasteiger partial charge in [0.2, 0.25) is 9.84 Å². The molecule has 0 aromatic heterocycles. The number of allylic oxidation sites excluding steroid dienone is 2. The Bertz CT molecular complexity index is 691. The summed E-state index contributed by atoms with van der Waals surface area (Å²) in [6.45, 7) is 5.93. The van der Waals surface area contributed by atoms with Crippen molar-refractivity contribution < 1.29 is 26.4 Å². The fourth-order valence-corrected chi connectivity index (χ4v) is 2.81. The highest BCUT2D eigenvalue weighted by Gasteiger charge is 2.44. The van der Waals surface area contributed by atoms with Crippen molar-refractivity contribution in [3.05, 3.63) is 40.8 Å². The van der Waals surface area contributed by atoms with Crippen LogP contribution in [0.15, 0.2) is 40.1 Å². The molecule has 7 heteroatoms. The van der Waals surface area contributed by atoms with E-state index in [4.69, 9.17) is 0 Å². The maximum atomic E-state index is 13.1. The predicted octanol–water partition coefficient (Wildman–Crippen LogP) is 3.83. The molecule has 1 aromatic carbocycles. The Morgan fingerprint density at radius 3 is 1.86 bits per heavy atom. The van der Waals surface area contributed by atoms with Gasteiger partial charge in [0.15, 0.2) is 10.7 Å². The van der Waals surface area contributed by atoms with Gasteiger partial charge in [0.1, 0.15) is 0 Å². The van der Waals surface area contributed by atoms with Crippen LogP contribution in [-0.2, 0) is 14.6 Å². The quantitative estimate of drug-likeness (QED) is 0.790. The Morgan fingerprint density at radius 1 is 1.05 bits per heavy atom. The molecule has 1 rings (SSSR count). The van der Waals surface area contributed by atoms with Gasteiger partial charge in [-0.3, -0.25) is 4.79 Å². The van der Waals surface area contributed by atoms with Crippen molar-refractivity contribution in [2.24, 2.45) is 5.41 Å². The zero-order chi connectivity index (χ0) is 17.3. The van der Waals surface area contributed by atoms with Crippen molar-refractivity contribution in [3.8, 4) is 0 Å². The average molecular weight is 334 g/mol. The molecule has 0 aliphatic heterocycles. The first kappa shape index (κ1) is 18.4. The molecule has 0 radical (unpaired) electrons. The van der Waals surface area contributed by atoms with Gasteiger partial charge in [0, 0.05) is 11.5 Å². The molecule has 0 aliphatic rings. The third kappa shape index (κ3) is 4.19. The summed E-state index contributed by atoms with van der Waals surface area (Å²) in [6.07, 6.45) is -4.97. The predicted molar refractivity (Wildman–Crippen MR) is 77.0 cm³/mol. The maximum Gasteiger partial charge on any atom is 0.427 e. The van der Waals surface area contributed by atoms with Crippen LogP contribution < -0.4 is 0 Å². The molecule has 3 nitrogen and oxygen atoms in total. The molecule has 0 heterocycles. The van der Waals surface area contributed by atoms with Gasteiger partial charge in [0.05, 0.1) is 4.90 Å². The topological polar surface area (TPSA) is 51.2 Å². The van der Waals surface area contributed by atoms with Crippen LogP contribution in [0, 0.1) is 12.3 Å². The minimum absolute atomic E-state index is 0.176. The average Bonchev–Trinajstić information content (AvgIpc) is 2.33. The Kier molecular flexibility index (Phi) is 4.91. The minimum atomic E-state index is -5.15. The van der Waals surface area contributed by atoms with E-state index in [9.17, 15) is 26.4 Å². The lowest BCUT2D eigenvalue weighted by Gasteiger charge is -2.17. The molecule has 0 bridgehead atoms. The molecule has 0 N–H and O–H groups in total. The Morgan fingerprint density at radius 2 is 1.50 bits per heavy atom. The number of ketones is 1. The summed E-state index contributed by atoms with van der Waals surface area (Å²) < 4.78 is 63.8. The second kappa shape index (κ2) is 5.87. The fraction of sp³-hybridized carbons (Fsp3) is 0.400. The molecule has 0 fully saturated rings. The Balaban J connectivity index is 3.50. The number of carbonyl (C=O) groups is 1. The molecular formula is C15H17F3O3S. The van der Waals surface area contributed by atoms with Gasteiger partial charge in [-0.05, 0) is 19.1 Å². The number of alkyl halides is 3. The number of hydrogen-bond donors (Lipinski definition) is 0. The first-order valence-electron chi connectivity index (χ1n) is 6.41. The smallest absolute Gasteiger partial charge is 0.294 e. The van der Waals surface area contributed by atoms with Gasteiger partial charge in [-0.15, -0.1) is 0 Å². The van der Waals surface area contributed by atoms with Crippen LogP contribution in [0.1, 0.15) is 26.3 Å². The molecular weight excluding hydrogens is 317 g/mol. The molecule has 0 saturated carbocycles. The van der Waals surface area contributed by atoms with Crippen molar-refractivity contribution in [1.82, 2.24) is 0 Å². The summed E-state index contributed by atoms with van der Waals surface area (Å²) in [5.41, 5.74) is -0.401. The van der Waals surface area contributed by atoms with E-state index in [-0.39, 0.29) is 6.08 Å². The summed E-state index contributed by atoms with van der Waals surface area (Å²) in [5, 5.41) is 0. The van der Waals surface area contributed by atoms with E-state index in [1.807, 2.05) is 0 Å². The van der Waals surface area contributed by atoms with Crippen molar-refractivity contribution in [2.75, 3.05) is 0 Å². The van der Waals surface area contributed by atoms with Crippen molar-refractivity contribution in [2.45, 2.75) is 38.8 Å². The zero-order valence-electron chi connectivity index (χ0n) is 12.7. The number of hydrogen-bond acceptors (Lipinski definition) is 3. The van der Waals surface area contributed by atoms with Gasteiger partial charge in [-0.25, -0.2) is 8.42 Å². The Labute approximate surface area is 127 Å². The van der Waals surface area contributed by atoms with Gasteiger partial charge in [0.25, 0.3) is 0 Å². The highest BCUT2D eigenvalue weighted by atomic mass is 32.2. The lowest BCUT2D eigenvalue weighted by molar-refractivity contribution is -0.122. The fourth-order valence-electron chi connectivity index (χ4n) is 1.49. The SMILES string of the molecule is Cc1ccc(S(=O)(=O)/C(=C\C(=O)C(C)(C)C)C(F)(F)F)cc1. The first-order chi connectivity index (χ1) is 9.76. The van der Waals surface area contributed by atoms with E-state index >= 15 is 0 Å². The third-order valence-corrected chi connectivity index (χ3v) is 4.72. The summed E-state index contributed by atoms with van der Waals surface area (Å²) in [5.74, 6) is -0.907. The molecule has 0 spiro atoms. The van der Waals surface area contributed by atoms with Gasteiger partial charge < -0.3 is 0 Å². The molecule has 0 atom stereocenters. The van der Waals surface area contributed by atoms with Crippen LogP contribution in [0.5, 0.6) is 0 Å². The lowest BCUT2D eigenvalue weighted by Crippen LogP contribution is -2.25. The van der Waals surface area contributed by atoms with Crippen LogP contribution >= 0.6 is 0 Å². The maximum absolute atomic E-state index is 13.1. The molecule has 0 saturated heterocycles. The van der Waals surface area contributed by atoms with E-state index in [0.717, 1.165) is 12.1 Å². The summed E-state index contributed by atoms with van der Waals surface area (Å²) >= 11 is 0. The molecule has 122 valence electrons. The molecule has 0 amide bonds. The minimum Gasteiger partial charge on any atom is -0.294 e. The highest BCUT2D eigenvalue weighted by Crippen LogP contribution is 2.35. The van der Waals surface area contributed by atoms with Crippen LogP contribution in [0.3, 0.4) is 0 Å². The number of aryl methyl sites for hydroxylation is 1. The van der Waals surface area contributed by atoms with E-state index < -0.39 is 37.0 Å². The van der Waals surface area contributed by atoms with Crippen molar-refractivity contribution in [1.29, 1.82) is 0 Å². The number of sulfone groups is 1. The van der Waals surface area contributed by atoms with E-state index in [0.29, 0.717) is 5.56 Å². The van der Waals surface area contributed by atoms with Crippen molar-refractivity contribution >= 4 is 15.6 Å². The molecule has 22 heavy (non-hydrogen) atoms. The van der Waals surface area contributed by atoms with Gasteiger partial charge in [-0.2, -0.15) is 13.2 Å². The third-order valence-electron chi connectivity index (χ3n) is 2.90. The number of rotatable bonds is 3. The number of carbonyl (C=O) groups excluding carboxylic acids is 1. The zero-order valence-corrected chi connectivity index (χ0v) is 13.5. The largest absolute Gasteiger partial charge is 0.427 e. The summed E-state index contributed by atoms with van der Waals surface area (Å²) in [7, 11) is -4.82.